The SMILES string of the molecule is COC(=O)CC(C)(Cc1ccccc1)C(=O)O. The molecule has 0 amide bonds. The third-order valence-electron chi connectivity index (χ3n) is 2.72. The Hall–Kier alpha value is -1.84. The highest BCUT2D eigenvalue weighted by molar-refractivity contribution is 5.82. The molecule has 0 spiro atoms. The minimum Gasteiger partial charge on any atom is -0.481 e. The van der Waals surface area contributed by atoms with Crippen molar-refractivity contribution in [3.63, 3.8) is 0 Å². The van der Waals surface area contributed by atoms with E-state index in [0.29, 0.717) is 6.42 Å². The molecule has 0 aliphatic carbocycles. The molecule has 0 aliphatic heterocycles. The highest BCUT2D eigenvalue weighted by Crippen LogP contribution is 2.27. The van der Waals surface area contributed by atoms with E-state index < -0.39 is 17.4 Å². The zero-order chi connectivity index (χ0) is 12.9. The summed E-state index contributed by atoms with van der Waals surface area (Å²) in [5.74, 6) is -1.50. The van der Waals surface area contributed by atoms with Crippen molar-refractivity contribution in [2.24, 2.45) is 5.41 Å². The maximum absolute atomic E-state index is 11.3. The van der Waals surface area contributed by atoms with Gasteiger partial charge in [0.2, 0.25) is 0 Å². The Morgan fingerprint density at radius 1 is 1.29 bits per heavy atom. The summed E-state index contributed by atoms with van der Waals surface area (Å²) >= 11 is 0. The van der Waals surface area contributed by atoms with Crippen LogP contribution in [0.1, 0.15) is 18.9 Å². The summed E-state index contributed by atoms with van der Waals surface area (Å²) in [6.07, 6.45) is 0.173. The molecular weight excluding hydrogens is 220 g/mol. The summed E-state index contributed by atoms with van der Waals surface area (Å²) in [5, 5.41) is 9.23. The van der Waals surface area contributed by atoms with Gasteiger partial charge in [-0.25, -0.2) is 0 Å². The monoisotopic (exact) mass is 236 g/mol. The average Bonchev–Trinajstić information content (AvgIpc) is 2.29. The molecular formula is C13H16O4. The van der Waals surface area contributed by atoms with Crippen molar-refractivity contribution in [3.8, 4) is 0 Å². The third kappa shape index (κ3) is 3.59. The number of carbonyl (C=O) groups excluding carboxylic acids is 1. The zero-order valence-electron chi connectivity index (χ0n) is 9.97. The third-order valence-corrected chi connectivity index (χ3v) is 2.72. The first-order chi connectivity index (χ1) is 7.98. The summed E-state index contributed by atoms with van der Waals surface area (Å²) in [6.45, 7) is 1.55. The fourth-order valence-electron chi connectivity index (χ4n) is 1.65. The lowest BCUT2D eigenvalue weighted by atomic mass is 9.80. The van der Waals surface area contributed by atoms with E-state index in [4.69, 9.17) is 0 Å². The first-order valence-electron chi connectivity index (χ1n) is 5.32. The van der Waals surface area contributed by atoms with Gasteiger partial charge in [-0.3, -0.25) is 9.59 Å². The summed E-state index contributed by atoms with van der Waals surface area (Å²) in [6, 6.07) is 9.24. The molecule has 0 aliphatic rings. The number of hydrogen-bond acceptors (Lipinski definition) is 3. The van der Waals surface area contributed by atoms with Gasteiger partial charge in [0.15, 0.2) is 0 Å². The maximum atomic E-state index is 11.3. The van der Waals surface area contributed by atoms with Gasteiger partial charge < -0.3 is 9.84 Å². The Kier molecular flexibility index (Phi) is 4.26. The van der Waals surface area contributed by atoms with E-state index in [2.05, 4.69) is 4.74 Å². The predicted molar refractivity (Wildman–Crippen MR) is 62.5 cm³/mol. The zero-order valence-corrected chi connectivity index (χ0v) is 9.97. The Bertz CT molecular complexity index is 399. The van der Waals surface area contributed by atoms with E-state index in [9.17, 15) is 14.7 Å². The van der Waals surface area contributed by atoms with Crippen LogP contribution in [0.25, 0.3) is 0 Å². The molecule has 1 aromatic rings. The molecule has 0 aromatic heterocycles. The van der Waals surface area contributed by atoms with Crippen molar-refractivity contribution >= 4 is 11.9 Å². The molecule has 0 saturated carbocycles. The van der Waals surface area contributed by atoms with Crippen molar-refractivity contribution in [2.75, 3.05) is 7.11 Å². The van der Waals surface area contributed by atoms with Gasteiger partial charge in [0.05, 0.1) is 18.9 Å². The number of esters is 1. The Balaban J connectivity index is 2.86. The van der Waals surface area contributed by atoms with Crippen LogP contribution in [0.3, 0.4) is 0 Å². The van der Waals surface area contributed by atoms with Crippen LogP contribution in [0.2, 0.25) is 0 Å². The smallest absolute Gasteiger partial charge is 0.310 e. The second kappa shape index (κ2) is 5.48. The molecule has 0 saturated heterocycles. The van der Waals surface area contributed by atoms with E-state index in [1.54, 1.807) is 6.92 Å². The van der Waals surface area contributed by atoms with Crippen LogP contribution < -0.4 is 0 Å². The number of benzene rings is 1. The summed E-state index contributed by atoms with van der Waals surface area (Å²) < 4.78 is 4.53. The van der Waals surface area contributed by atoms with Gasteiger partial charge in [-0.05, 0) is 18.9 Å². The minimum atomic E-state index is -1.13. The van der Waals surface area contributed by atoms with Crippen LogP contribution in [-0.2, 0) is 20.7 Å². The topological polar surface area (TPSA) is 63.6 Å². The molecule has 1 unspecified atom stereocenters. The normalized spacial score (nSPS) is 13.8. The molecule has 92 valence electrons. The van der Waals surface area contributed by atoms with Crippen molar-refractivity contribution in [1.82, 2.24) is 0 Å². The number of rotatable bonds is 5. The van der Waals surface area contributed by atoms with E-state index in [1.165, 1.54) is 7.11 Å². The highest BCUT2D eigenvalue weighted by atomic mass is 16.5. The molecule has 4 nitrogen and oxygen atoms in total. The van der Waals surface area contributed by atoms with Gasteiger partial charge in [-0.1, -0.05) is 30.3 Å². The molecule has 1 N–H and O–H groups in total. The second-order valence-electron chi connectivity index (χ2n) is 4.28. The van der Waals surface area contributed by atoms with E-state index >= 15 is 0 Å². The van der Waals surface area contributed by atoms with Crippen molar-refractivity contribution in [2.45, 2.75) is 19.8 Å². The van der Waals surface area contributed by atoms with Crippen LogP contribution in [0, 0.1) is 5.41 Å². The summed E-state index contributed by atoms with van der Waals surface area (Å²) in [7, 11) is 1.26. The molecule has 0 radical (unpaired) electrons. The largest absolute Gasteiger partial charge is 0.481 e. The van der Waals surface area contributed by atoms with Crippen LogP contribution in [0.4, 0.5) is 0 Å². The number of methoxy groups -OCH3 is 1. The number of carbonyl (C=O) groups is 2. The molecule has 1 atom stereocenters. The first kappa shape index (κ1) is 13.2. The van der Waals surface area contributed by atoms with Gasteiger partial charge >= 0.3 is 11.9 Å². The van der Waals surface area contributed by atoms with E-state index in [-0.39, 0.29) is 6.42 Å². The van der Waals surface area contributed by atoms with Crippen LogP contribution >= 0.6 is 0 Å². The molecule has 0 bridgehead atoms. The highest BCUT2D eigenvalue weighted by Gasteiger charge is 2.36. The number of carboxylic acid groups (broad SMARTS) is 1. The molecule has 0 fully saturated rings. The number of carboxylic acids is 1. The lowest BCUT2D eigenvalue weighted by Gasteiger charge is -2.23. The van der Waals surface area contributed by atoms with Crippen LogP contribution in [-0.4, -0.2) is 24.2 Å². The van der Waals surface area contributed by atoms with Gasteiger partial charge in [0.1, 0.15) is 0 Å². The molecule has 1 rings (SSSR count). The van der Waals surface area contributed by atoms with Gasteiger partial charge in [0.25, 0.3) is 0 Å². The predicted octanol–water partition coefficient (Wildman–Crippen LogP) is 1.88. The number of hydrogen-bond donors (Lipinski definition) is 1. The average molecular weight is 236 g/mol. The maximum Gasteiger partial charge on any atom is 0.310 e. The van der Waals surface area contributed by atoms with Crippen LogP contribution in [0.15, 0.2) is 30.3 Å². The fourth-order valence-corrected chi connectivity index (χ4v) is 1.65. The van der Waals surface area contributed by atoms with Crippen molar-refractivity contribution in [1.29, 1.82) is 0 Å². The fraction of sp³-hybridized carbons (Fsp3) is 0.385. The lowest BCUT2D eigenvalue weighted by Crippen LogP contribution is -2.33. The number of aliphatic carboxylic acids is 1. The molecule has 1 aromatic carbocycles. The Morgan fingerprint density at radius 2 is 1.88 bits per heavy atom. The Labute approximate surface area is 100 Å². The second-order valence-corrected chi connectivity index (χ2v) is 4.28. The van der Waals surface area contributed by atoms with Crippen molar-refractivity contribution in [3.05, 3.63) is 35.9 Å². The molecule has 4 heteroatoms. The Morgan fingerprint density at radius 3 is 2.35 bits per heavy atom. The lowest BCUT2D eigenvalue weighted by molar-refractivity contribution is -0.155. The first-order valence-corrected chi connectivity index (χ1v) is 5.32. The summed E-state index contributed by atoms with van der Waals surface area (Å²) in [4.78, 5) is 22.5. The van der Waals surface area contributed by atoms with Crippen LogP contribution in [0.5, 0.6) is 0 Å². The van der Waals surface area contributed by atoms with Gasteiger partial charge in [-0.15, -0.1) is 0 Å². The van der Waals surface area contributed by atoms with E-state index in [1.807, 2.05) is 30.3 Å². The van der Waals surface area contributed by atoms with E-state index in [0.717, 1.165) is 5.56 Å². The minimum absolute atomic E-state index is 0.131. The molecule has 0 heterocycles. The molecule has 17 heavy (non-hydrogen) atoms. The quantitative estimate of drug-likeness (QED) is 0.793. The van der Waals surface area contributed by atoms with Crippen molar-refractivity contribution < 1.29 is 19.4 Å². The standard InChI is InChI=1S/C13H16O4/c1-13(12(15)16,9-11(14)17-2)8-10-6-4-3-5-7-10/h3-7H,8-9H2,1-2H3,(H,15,16). The van der Waals surface area contributed by atoms with Gasteiger partial charge in [-0.2, -0.15) is 0 Å². The van der Waals surface area contributed by atoms with Gasteiger partial charge in [0, 0.05) is 0 Å². The summed E-state index contributed by atoms with van der Waals surface area (Å²) in [5.41, 5.74) is -0.240. The number of ether oxygens (including phenoxy) is 1.